The molecule has 1 atom stereocenters. The number of allylic oxidation sites excluding steroid dienone is 1. The SMILES string of the molecule is C=CCn1c(SCC(=O)N2CCCCC2C)nc2ccccc21. The van der Waals surface area contributed by atoms with Gasteiger partial charge in [-0.2, -0.15) is 0 Å². The summed E-state index contributed by atoms with van der Waals surface area (Å²) < 4.78 is 2.12. The highest BCUT2D eigenvalue weighted by Gasteiger charge is 2.23. The lowest BCUT2D eigenvalue weighted by molar-refractivity contribution is -0.131. The van der Waals surface area contributed by atoms with E-state index in [2.05, 4.69) is 29.1 Å². The normalized spacial score (nSPS) is 18.3. The van der Waals surface area contributed by atoms with Crippen molar-refractivity contribution in [1.82, 2.24) is 14.5 Å². The van der Waals surface area contributed by atoms with Gasteiger partial charge in [-0.15, -0.1) is 6.58 Å². The summed E-state index contributed by atoms with van der Waals surface area (Å²) in [6, 6.07) is 8.43. The highest BCUT2D eigenvalue weighted by atomic mass is 32.2. The second-order valence-corrected chi connectivity index (χ2v) is 6.95. The van der Waals surface area contributed by atoms with Gasteiger partial charge in [0.2, 0.25) is 5.91 Å². The number of para-hydroxylation sites is 2. The Bertz CT molecular complexity index is 709. The third-order valence-electron chi connectivity index (χ3n) is 4.38. The van der Waals surface area contributed by atoms with Crippen LogP contribution in [0.3, 0.4) is 0 Å². The quantitative estimate of drug-likeness (QED) is 0.620. The van der Waals surface area contributed by atoms with E-state index in [9.17, 15) is 4.79 Å². The Morgan fingerprint density at radius 3 is 3.04 bits per heavy atom. The van der Waals surface area contributed by atoms with Gasteiger partial charge in [0.15, 0.2) is 5.16 Å². The summed E-state index contributed by atoms with van der Waals surface area (Å²) in [7, 11) is 0. The molecule has 0 N–H and O–H groups in total. The van der Waals surface area contributed by atoms with Gasteiger partial charge in [-0.3, -0.25) is 4.79 Å². The van der Waals surface area contributed by atoms with Crippen molar-refractivity contribution in [2.45, 2.75) is 43.9 Å². The molecule has 0 saturated carbocycles. The maximum Gasteiger partial charge on any atom is 0.233 e. The van der Waals surface area contributed by atoms with Gasteiger partial charge < -0.3 is 9.47 Å². The van der Waals surface area contributed by atoms with E-state index in [0.717, 1.165) is 35.6 Å². The minimum atomic E-state index is 0.222. The maximum atomic E-state index is 12.5. The number of fused-ring (bicyclic) bond motifs is 1. The summed E-state index contributed by atoms with van der Waals surface area (Å²) >= 11 is 1.53. The van der Waals surface area contributed by atoms with Gasteiger partial charge in [0.1, 0.15) is 0 Å². The van der Waals surface area contributed by atoms with Gasteiger partial charge in [-0.25, -0.2) is 4.98 Å². The zero-order valence-corrected chi connectivity index (χ0v) is 14.4. The van der Waals surface area contributed by atoms with Crippen LogP contribution in [0, 0.1) is 0 Å². The minimum Gasteiger partial charge on any atom is -0.339 e. The monoisotopic (exact) mass is 329 g/mol. The number of piperidine rings is 1. The number of carbonyl (C=O) groups excluding carboxylic acids is 1. The van der Waals surface area contributed by atoms with E-state index in [0.29, 0.717) is 18.3 Å². The molecule has 1 saturated heterocycles. The first-order chi connectivity index (χ1) is 11.2. The highest BCUT2D eigenvalue weighted by molar-refractivity contribution is 7.99. The molecule has 23 heavy (non-hydrogen) atoms. The number of hydrogen-bond acceptors (Lipinski definition) is 3. The second kappa shape index (κ2) is 7.21. The van der Waals surface area contributed by atoms with Gasteiger partial charge in [-0.1, -0.05) is 30.0 Å². The summed E-state index contributed by atoms with van der Waals surface area (Å²) in [4.78, 5) is 19.2. The second-order valence-electron chi connectivity index (χ2n) is 6.00. The van der Waals surface area contributed by atoms with Crippen molar-refractivity contribution in [1.29, 1.82) is 0 Å². The summed E-state index contributed by atoms with van der Waals surface area (Å²) in [6.07, 6.45) is 5.33. The number of carbonyl (C=O) groups is 1. The molecule has 0 aliphatic carbocycles. The van der Waals surface area contributed by atoms with Crippen LogP contribution in [0.1, 0.15) is 26.2 Å². The first-order valence-corrected chi connectivity index (χ1v) is 9.17. The largest absolute Gasteiger partial charge is 0.339 e. The van der Waals surface area contributed by atoms with Gasteiger partial charge in [0.25, 0.3) is 0 Å². The van der Waals surface area contributed by atoms with Crippen LogP contribution in [0.25, 0.3) is 11.0 Å². The van der Waals surface area contributed by atoms with Gasteiger partial charge in [-0.05, 0) is 38.3 Å². The van der Waals surface area contributed by atoms with Crippen LogP contribution in [0.2, 0.25) is 0 Å². The van der Waals surface area contributed by atoms with E-state index >= 15 is 0 Å². The van der Waals surface area contributed by atoms with E-state index in [-0.39, 0.29) is 5.91 Å². The number of rotatable bonds is 5. The van der Waals surface area contributed by atoms with Crippen LogP contribution in [0.4, 0.5) is 0 Å². The first kappa shape index (κ1) is 16.1. The summed E-state index contributed by atoms with van der Waals surface area (Å²) in [5.41, 5.74) is 2.06. The topological polar surface area (TPSA) is 38.1 Å². The van der Waals surface area contributed by atoms with Gasteiger partial charge >= 0.3 is 0 Å². The van der Waals surface area contributed by atoms with E-state index in [1.807, 2.05) is 29.2 Å². The van der Waals surface area contributed by atoms with Crippen LogP contribution in [-0.4, -0.2) is 38.7 Å². The number of amides is 1. The van der Waals surface area contributed by atoms with Crippen molar-refractivity contribution in [2.75, 3.05) is 12.3 Å². The van der Waals surface area contributed by atoms with Crippen molar-refractivity contribution in [3.63, 3.8) is 0 Å². The smallest absolute Gasteiger partial charge is 0.233 e. The first-order valence-electron chi connectivity index (χ1n) is 8.19. The molecular formula is C18H23N3OS. The fourth-order valence-electron chi connectivity index (χ4n) is 3.15. The van der Waals surface area contributed by atoms with Crippen molar-refractivity contribution in [3.05, 3.63) is 36.9 Å². The standard InChI is InChI=1S/C18H23N3OS/c1-3-11-21-16-10-5-4-9-15(16)19-18(21)23-13-17(22)20-12-7-6-8-14(20)2/h3-5,9-10,14H,1,6-8,11-13H2,2H3. The van der Waals surface area contributed by atoms with Crippen LogP contribution in [0.5, 0.6) is 0 Å². The molecule has 2 aromatic rings. The third-order valence-corrected chi connectivity index (χ3v) is 5.34. The molecule has 1 amide bonds. The Kier molecular flexibility index (Phi) is 5.06. The fraction of sp³-hybridized carbons (Fsp3) is 0.444. The zero-order valence-electron chi connectivity index (χ0n) is 13.6. The number of hydrogen-bond donors (Lipinski definition) is 0. The van der Waals surface area contributed by atoms with Crippen LogP contribution in [-0.2, 0) is 11.3 Å². The van der Waals surface area contributed by atoms with E-state index in [1.165, 1.54) is 18.2 Å². The summed E-state index contributed by atoms with van der Waals surface area (Å²) in [5.74, 6) is 0.671. The minimum absolute atomic E-state index is 0.222. The summed E-state index contributed by atoms with van der Waals surface area (Å²) in [6.45, 7) is 7.57. The number of likely N-dealkylation sites (tertiary alicyclic amines) is 1. The third kappa shape index (κ3) is 3.44. The Morgan fingerprint density at radius 1 is 1.43 bits per heavy atom. The Hall–Kier alpha value is -1.75. The lowest BCUT2D eigenvalue weighted by atomic mass is 10.0. The molecule has 1 aromatic carbocycles. The van der Waals surface area contributed by atoms with E-state index in [4.69, 9.17) is 0 Å². The Morgan fingerprint density at radius 2 is 2.26 bits per heavy atom. The van der Waals surface area contributed by atoms with Crippen LogP contribution >= 0.6 is 11.8 Å². The van der Waals surface area contributed by atoms with Crippen molar-refractivity contribution in [2.24, 2.45) is 0 Å². The number of nitrogens with zero attached hydrogens (tertiary/aromatic N) is 3. The molecule has 0 spiro atoms. The van der Waals surface area contributed by atoms with Crippen molar-refractivity contribution >= 4 is 28.7 Å². The molecule has 1 aromatic heterocycles. The predicted molar refractivity (Wildman–Crippen MR) is 95.7 cm³/mol. The molecule has 1 unspecified atom stereocenters. The number of benzene rings is 1. The average Bonchev–Trinajstić information content (AvgIpc) is 2.91. The molecule has 122 valence electrons. The highest BCUT2D eigenvalue weighted by Crippen LogP contribution is 2.25. The van der Waals surface area contributed by atoms with E-state index < -0.39 is 0 Å². The Labute approximate surface area is 141 Å². The van der Waals surface area contributed by atoms with Crippen molar-refractivity contribution < 1.29 is 4.79 Å². The predicted octanol–water partition coefficient (Wildman–Crippen LogP) is 3.72. The molecule has 5 heteroatoms. The summed E-state index contributed by atoms with van der Waals surface area (Å²) in [5, 5.41) is 0.893. The molecule has 1 fully saturated rings. The molecule has 3 rings (SSSR count). The van der Waals surface area contributed by atoms with Gasteiger partial charge in [0, 0.05) is 19.1 Å². The average molecular weight is 329 g/mol. The molecule has 0 bridgehead atoms. The van der Waals surface area contributed by atoms with Crippen LogP contribution < -0.4 is 0 Å². The van der Waals surface area contributed by atoms with E-state index in [1.54, 1.807) is 0 Å². The van der Waals surface area contributed by atoms with Crippen molar-refractivity contribution in [3.8, 4) is 0 Å². The zero-order chi connectivity index (χ0) is 16.2. The Balaban J connectivity index is 1.74. The lowest BCUT2D eigenvalue weighted by Crippen LogP contribution is -2.42. The van der Waals surface area contributed by atoms with Crippen LogP contribution in [0.15, 0.2) is 42.1 Å². The molecule has 1 aliphatic heterocycles. The number of aromatic nitrogens is 2. The molecule has 2 heterocycles. The molecule has 0 radical (unpaired) electrons. The lowest BCUT2D eigenvalue weighted by Gasteiger charge is -2.33. The molecular weight excluding hydrogens is 306 g/mol. The van der Waals surface area contributed by atoms with Gasteiger partial charge in [0.05, 0.1) is 16.8 Å². The fourth-order valence-corrected chi connectivity index (χ4v) is 4.06. The number of imidazole rings is 1. The number of thioether (sulfide) groups is 1. The molecule has 4 nitrogen and oxygen atoms in total. The maximum absolute atomic E-state index is 12.5. The molecule has 1 aliphatic rings.